The van der Waals surface area contributed by atoms with Crippen LogP contribution in [-0.4, -0.2) is 8.42 Å². The number of benzene rings is 2. The fraction of sp³-hybridized carbons (Fsp3) is 0.111. The zero-order valence-corrected chi connectivity index (χ0v) is 12.8. The van der Waals surface area contributed by atoms with Gasteiger partial charge in [0, 0.05) is 6.42 Å². The van der Waals surface area contributed by atoms with Gasteiger partial charge in [-0.1, -0.05) is 60.7 Å². The molecule has 2 rings (SSSR count). The molecule has 0 N–H and O–H groups in total. The molecule has 0 amide bonds. The van der Waals surface area contributed by atoms with Crippen molar-refractivity contribution in [3.8, 4) is 0 Å². The smallest absolute Gasteiger partial charge is 0.203 e. The minimum Gasteiger partial charge on any atom is -0.219 e. The first-order chi connectivity index (χ1) is 10.00. The van der Waals surface area contributed by atoms with Gasteiger partial charge >= 0.3 is 0 Å². The molecule has 2 nitrogen and oxygen atoms in total. The average molecular weight is 298 g/mol. The van der Waals surface area contributed by atoms with Crippen LogP contribution in [0.3, 0.4) is 0 Å². The fourth-order valence-electron chi connectivity index (χ4n) is 2.01. The maximum atomic E-state index is 12.8. The van der Waals surface area contributed by atoms with Gasteiger partial charge in [0.05, 0.1) is 9.80 Å². The molecule has 0 aliphatic rings. The van der Waals surface area contributed by atoms with Gasteiger partial charge in [-0.3, -0.25) is 0 Å². The van der Waals surface area contributed by atoms with Crippen molar-refractivity contribution in [1.82, 2.24) is 0 Å². The summed E-state index contributed by atoms with van der Waals surface area (Å²) in [6.07, 6.45) is 2.06. The summed E-state index contributed by atoms with van der Waals surface area (Å²) in [4.78, 5) is 0.681. The molecule has 21 heavy (non-hydrogen) atoms. The first-order valence-electron chi connectivity index (χ1n) is 6.70. The highest BCUT2D eigenvalue weighted by molar-refractivity contribution is 7.95. The van der Waals surface area contributed by atoms with Gasteiger partial charge in [-0.2, -0.15) is 0 Å². The van der Waals surface area contributed by atoms with Crippen molar-refractivity contribution in [2.24, 2.45) is 0 Å². The highest BCUT2D eigenvalue weighted by Crippen LogP contribution is 2.26. The zero-order chi connectivity index (χ0) is 15.3. The lowest BCUT2D eigenvalue weighted by molar-refractivity contribution is 0.601. The molecule has 0 aliphatic heterocycles. The summed E-state index contributed by atoms with van der Waals surface area (Å²) in [5, 5.41) is 0. The van der Waals surface area contributed by atoms with E-state index >= 15 is 0 Å². The van der Waals surface area contributed by atoms with E-state index < -0.39 is 9.84 Å². The quantitative estimate of drug-likeness (QED) is 0.763. The van der Waals surface area contributed by atoms with E-state index in [-0.39, 0.29) is 0 Å². The van der Waals surface area contributed by atoms with E-state index in [4.69, 9.17) is 0 Å². The Morgan fingerprint density at radius 1 is 1.00 bits per heavy atom. The van der Waals surface area contributed by atoms with Gasteiger partial charge < -0.3 is 0 Å². The second-order valence-electron chi connectivity index (χ2n) is 4.97. The third kappa shape index (κ3) is 3.92. The van der Waals surface area contributed by atoms with Crippen molar-refractivity contribution in [2.75, 3.05) is 0 Å². The standard InChI is InChI=1S/C18H18O2S/c1-15(2)13-18(14-16-9-5-3-6-10-16)21(19,20)17-11-7-4-8-12-17/h3-12,14H,1,13H2,2H3/b18-14-. The Morgan fingerprint density at radius 3 is 2.05 bits per heavy atom. The molecular formula is C18H18O2S. The van der Waals surface area contributed by atoms with Gasteiger partial charge in [-0.25, -0.2) is 8.42 Å². The number of hydrogen-bond acceptors (Lipinski definition) is 2. The number of allylic oxidation sites excluding steroid dienone is 2. The van der Waals surface area contributed by atoms with Crippen LogP contribution in [-0.2, 0) is 9.84 Å². The van der Waals surface area contributed by atoms with Crippen LogP contribution < -0.4 is 0 Å². The molecule has 0 unspecified atom stereocenters. The molecule has 0 fully saturated rings. The lowest BCUT2D eigenvalue weighted by atomic mass is 10.1. The Morgan fingerprint density at radius 2 is 1.52 bits per heavy atom. The van der Waals surface area contributed by atoms with Gasteiger partial charge in [-0.15, -0.1) is 0 Å². The third-order valence-corrected chi connectivity index (χ3v) is 4.85. The molecule has 0 aromatic heterocycles. The molecule has 108 valence electrons. The lowest BCUT2D eigenvalue weighted by Gasteiger charge is -2.10. The van der Waals surface area contributed by atoms with Crippen LogP contribution in [0.4, 0.5) is 0 Å². The molecule has 0 saturated carbocycles. The van der Waals surface area contributed by atoms with E-state index in [1.165, 1.54) is 0 Å². The highest BCUT2D eigenvalue weighted by atomic mass is 32.2. The molecule has 0 atom stereocenters. The molecule has 0 heterocycles. The van der Waals surface area contributed by atoms with E-state index in [0.717, 1.165) is 11.1 Å². The summed E-state index contributed by atoms with van der Waals surface area (Å²) in [5.74, 6) is 0. The van der Waals surface area contributed by atoms with Crippen LogP contribution in [0.15, 0.2) is 82.6 Å². The SMILES string of the molecule is C=C(C)C/C(=C/c1ccccc1)S(=O)(=O)c1ccccc1. The summed E-state index contributed by atoms with van der Waals surface area (Å²) in [6.45, 7) is 5.67. The Labute approximate surface area is 126 Å². The maximum absolute atomic E-state index is 12.8. The summed E-state index contributed by atoms with van der Waals surface area (Å²) in [7, 11) is -3.49. The average Bonchev–Trinajstić information content (AvgIpc) is 2.48. The van der Waals surface area contributed by atoms with Gasteiger partial charge in [0.25, 0.3) is 0 Å². The predicted octanol–water partition coefficient (Wildman–Crippen LogP) is 4.47. The van der Waals surface area contributed by atoms with E-state index in [0.29, 0.717) is 16.2 Å². The second kappa shape index (κ2) is 6.55. The van der Waals surface area contributed by atoms with Crippen molar-refractivity contribution in [3.63, 3.8) is 0 Å². The Balaban J connectivity index is 2.51. The van der Waals surface area contributed by atoms with Crippen molar-refractivity contribution < 1.29 is 8.42 Å². The molecule has 0 spiro atoms. The normalized spacial score (nSPS) is 12.1. The fourth-order valence-corrected chi connectivity index (χ4v) is 3.55. The Hall–Kier alpha value is -2.13. The lowest BCUT2D eigenvalue weighted by Crippen LogP contribution is -2.05. The van der Waals surface area contributed by atoms with Crippen molar-refractivity contribution >= 4 is 15.9 Å². The maximum Gasteiger partial charge on any atom is 0.203 e. The molecule has 3 heteroatoms. The van der Waals surface area contributed by atoms with Crippen LogP contribution in [0.25, 0.3) is 6.08 Å². The van der Waals surface area contributed by atoms with E-state index in [2.05, 4.69) is 6.58 Å². The van der Waals surface area contributed by atoms with Crippen molar-refractivity contribution in [1.29, 1.82) is 0 Å². The molecule has 2 aromatic carbocycles. The topological polar surface area (TPSA) is 34.1 Å². The number of rotatable bonds is 5. The van der Waals surface area contributed by atoms with Gasteiger partial charge in [0.15, 0.2) is 0 Å². The Kier molecular flexibility index (Phi) is 4.76. The van der Waals surface area contributed by atoms with Gasteiger partial charge in [0.2, 0.25) is 9.84 Å². The van der Waals surface area contributed by atoms with Crippen LogP contribution in [0.5, 0.6) is 0 Å². The van der Waals surface area contributed by atoms with Crippen molar-refractivity contribution in [3.05, 3.63) is 83.3 Å². The summed E-state index contributed by atoms with van der Waals surface area (Å²) in [5.41, 5.74) is 1.69. The highest BCUT2D eigenvalue weighted by Gasteiger charge is 2.20. The minimum absolute atomic E-state index is 0.313. The van der Waals surface area contributed by atoms with Crippen LogP contribution in [0.2, 0.25) is 0 Å². The Bertz CT molecular complexity index is 742. The van der Waals surface area contributed by atoms with Gasteiger partial charge in [-0.05, 0) is 30.7 Å². The van der Waals surface area contributed by atoms with E-state index in [1.807, 2.05) is 37.3 Å². The molecule has 0 bridgehead atoms. The molecule has 2 aromatic rings. The molecular weight excluding hydrogens is 280 g/mol. The third-order valence-electron chi connectivity index (χ3n) is 3.00. The molecule has 0 aliphatic carbocycles. The van der Waals surface area contributed by atoms with Crippen LogP contribution in [0.1, 0.15) is 18.9 Å². The van der Waals surface area contributed by atoms with Crippen molar-refractivity contribution in [2.45, 2.75) is 18.2 Å². The largest absolute Gasteiger partial charge is 0.219 e. The van der Waals surface area contributed by atoms with Crippen LogP contribution >= 0.6 is 0 Å². The summed E-state index contributed by atoms with van der Waals surface area (Å²) in [6, 6.07) is 18.0. The van der Waals surface area contributed by atoms with Crippen LogP contribution in [0, 0.1) is 0 Å². The summed E-state index contributed by atoms with van der Waals surface area (Å²) < 4.78 is 25.5. The molecule has 0 saturated heterocycles. The van der Waals surface area contributed by atoms with Gasteiger partial charge in [0.1, 0.15) is 0 Å². The zero-order valence-electron chi connectivity index (χ0n) is 12.0. The summed E-state index contributed by atoms with van der Waals surface area (Å²) >= 11 is 0. The first-order valence-corrected chi connectivity index (χ1v) is 8.18. The number of hydrogen-bond donors (Lipinski definition) is 0. The number of sulfone groups is 1. The van der Waals surface area contributed by atoms with E-state index in [9.17, 15) is 8.42 Å². The first kappa shape index (κ1) is 15.3. The second-order valence-corrected chi connectivity index (χ2v) is 6.97. The predicted molar refractivity (Wildman–Crippen MR) is 87.5 cm³/mol. The minimum atomic E-state index is -3.49. The molecule has 0 radical (unpaired) electrons. The monoisotopic (exact) mass is 298 g/mol. The van der Waals surface area contributed by atoms with E-state index in [1.54, 1.807) is 36.4 Å².